The number of aldehydes is 1. The Morgan fingerprint density at radius 3 is 2.39 bits per heavy atom. The zero-order chi connectivity index (χ0) is 13.1. The molecule has 0 amide bonds. The highest BCUT2D eigenvalue weighted by Gasteiger charge is 2.09. The van der Waals surface area contributed by atoms with Crippen molar-refractivity contribution in [2.24, 2.45) is 0 Å². The molecule has 0 aliphatic carbocycles. The van der Waals surface area contributed by atoms with E-state index in [2.05, 4.69) is 0 Å². The Bertz CT molecular complexity index is 597. The van der Waals surface area contributed by atoms with Gasteiger partial charge in [-0.15, -0.1) is 0 Å². The molecule has 0 atom stereocenters. The van der Waals surface area contributed by atoms with Crippen LogP contribution in [-0.2, 0) is 0 Å². The summed E-state index contributed by atoms with van der Waals surface area (Å²) in [7, 11) is 0. The van der Waals surface area contributed by atoms with Crippen molar-refractivity contribution in [3.05, 3.63) is 57.0 Å². The van der Waals surface area contributed by atoms with E-state index in [0.29, 0.717) is 38.4 Å². The summed E-state index contributed by atoms with van der Waals surface area (Å²) in [6.07, 6.45) is 0.710. The third-order valence-corrected chi connectivity index (χ3v) is 3.33. The molecule has 0 radical (unpaired) electrons. The van der Waals surface area contributed by atoms with Crippen molar-refractivity contribution in [3.8, 4) is 11.5 Å². The van der Waals surface area contributed by atoms with Crippen LogP contribution in [0.4, 0.5) is 0 Å². The topological polar surface area (TPSA) is 26.3 Å². The summed E-state index contributed by atoms with van der Waals surface area (Å²) in [6.45, 7) is 0. The van der Waals surface area contributed by atoms with Crippen molar-refractivity contribution >= 4 is 41.1 Å². The van der Waals surface area contributed by atoms with Gasteiger partial charge in [-0.05, 0) is 30.3 Å². The average Bonchev–Trinajstić information content (AvgIpc) is 2.37. The lowest BCUT2D eigenvalue weighted by Gasteiger charge is -2.10. The van der Waals surface area contributed by atoms with Crippen molar-refractivity contribution in [2.75, 3.05) is 0 Å². The van der Waals surface area contributed by atoms with Crippen LogP contribution in [0.25, 0.3) is 0 Å². The Hall–Kier alpha value is -1.22. The molecule has 0 aliphatic heterocycles. The van der Waals surface area contributed by atoms with Gasteiger partial charge in [0.25, 0.3) is 0 Å². The summed E-state index contributed by atoms with van der Waals surface area (Å²) >= 11 is 17.9. The van der Waals surface area contributed by atoms with E-state index in [1.54, 1.807) is 30.3 Å². The zero-order valence-electron chi connectivity index (χ0n) is 8.99. The van der Waals surface area contributed by atoms with E-state index in [0.717, 1.165) is 0 Å². The molecule has 92 valence electrons. The summed E-state index contributed by atoms with van der Waals surface area (Å²) in [6, 6.07) is 9.78. The first kappa shape index (κ1) is 13.2. The van der Waals surface area contributed by atoms with Gasteiger partial charge in [0.2, 0.25) is 0 Å². The Balaban J connectivity index is 2.34. The van der Waals surface area contributed by atoms with Gasteiger partial charge >= 0.3 is 0 Å². The standard InChI is InChI=1S/C13H7Cl3O2/c14-9-2-1-3-12(13(9)16)18-11-5-4-8(7-17)6-10(11)15/h1-7H. The normalized spacial score (nSPS) is 10.2. The molecule has 0 unspecified atom stereocenters. The molecule has 2 aromatic carbocycles. The first-order chi connectivity index (χ1) is 8.61. The molecule has 5 heteroatoms. The van der Waals surface area contributed by atoms with Gasteiger partial charge < -0.3 is 4.74 Å². The van der Waals surface area contributed by atoms with Crippen molar-refractivity contribution < 1.29 is 9.53 Å². The molecule has 0 spiro atoms. The van der Waals surface area contributed by atoms with E-state index in [-0.39, 0.29) is 0 Å². The Kier molecular flexibility index (Phi) is 4.12. The summed E-state index contributed by atoms with van der Waals surface area (Å²) < 4.78 is 5.56. The number of ether oxygens (including phenoxy) is 1. The van der Waals surface area contributed by atoms with E-state index in [4.69, 9.17) is 39.5 Å². The lowest BCUT2D eigenvalue weighted by Crippen LogP contribution is -1.88. The predicted molar refractivity (Wildman–Crippen MR) is 73.4 cm³/mol. The van der Waals surface area contributed by atoms with Gasteiger partial charge in [-0.2, -0.15) is 0 Å². The molecular formula is C13H7Cl3O2. The largest absolute Gasteiger partial charge is 0.454 e. The van der Waals surface area contributed by atoms with Crippen LogP contribution in [0.15, 0.2) is 36.4 Å². The highest BCUT2D eigenvalue weighted by atomic mass is 35.5. The van der Waals surface area contributed by atoms with E-state index < -0.39 is 0 Å². The second-order valence-electron chi connectivity index (χ2n) is 3.46. The summed E-state index contributed by atoms with van der Waals surface area (Å²) in [4.78, 5) is 10.6. The molecule has 0 heterocycles. The van der Waals surface area contributed by atoms with Gasteiger partial charge in [-0.25, -0.2) is 0 Å². The maximum atomic E-state index is 10.6. The van der Waals surface area contributed by atoms with Crippen LogP contribution in [0.5, 0.6) is 11.5 Å². The van der Waals surface area contributed by atoms with Crippen LogP contribution in [-0.4, -0.2) is 6.29 Å². The zero-order valence-corrected chi connectivity index (χ0v) is 11.3. The summed E-state index contributed by atoms with van der Waals surface area (Å²) in [5, 5.41) is 1.04. The van der Waals surface area contributed by atoms with Crippen LogP contribution in [0.1, 0.15) is 10.4 Å². The summed E-state index contributed by atoms with van der Waals surface area (Å²) in [5.74, 6) is 0.816. The molecule has 2 nitrogen and oxygen atoms in total. The fourth-order valence-electron chi connectivity index (χ4n) is 1.35. The van der Waals surface area contributed by atoms with Gasteiger partial charge in [0, 0.05) is 5.56 Å². The first-order valence-electron chi connectivity index (χ1n) is 4.98. The minimum atomic E-state index is 0.315. The number of halogens is 3. The Morgan fingerprint density at radius 2 is 1.72 bits per heavy atom. The highest BCUT2D eigenvalue weighted by molar-refractivity contribution is 6.43. The molecule has 18 heavy (non-hydrogen) atoms. The SMILES string of the molecule is O=Cc1ccc(Oc2cccc(Cl)c2Cl)c(Cl)c1. The van der Waals surface area contributed by atoms with Crippen molar-refractivity contribution in [1.82, 2.24) is 0 Å². The lowest BCUT2D eigenvalue weighted by molar-refractivity contribution is 0.112. The molecule has 0 saturated carbocycles. The monoisotopic (exact) mass is 300 g/mol. The van der Waals surface area contributed by atoms with Gasteiger partial charge in [0.15, 0.2) is 0 Å². The Labute approximate surface area is 119 Å². The molecular weight excluding hydrogens is 294 g/mol. The fourth-order valence-corrected chi connectivity index (χ4v) is 1.91. The van der Waals surface area contributed by atoms with Crippen molar-refractivity contribution in [2.45, 2.75) is 0 Å². The number of benzene rings is 2. The molecule has 0 aliphatic rings. The quantitative estimate of drug-likeness (QED) is 0.724. The molecule has 0 N–H and O–H groups in total. The third kappa shape index (κ3) is 2.78. The number of hydrogen-bond donors (Lipinski definition) is 0. The maximum Gasteiger partial charge on any atom is 0.150 e. The van der Waals surface area contributed by atoms with Crippen LogP contribution in [0, 0.1) is 0 Å². The smallest absolute Gasteiger partial charge is 0.150 e. The second kappa shape index (κ2) is 5.61. The predicted octanol–water partition coefficient (Wildman–Crippen LogP) is 5.25. The van der Waals surface area contributed by atoms with E-state index in [9.17, 15) is 4.79 Å². The lowest BCUT2D eigenvalue weighted by atomic mass is 10.2. The molecule has 2 rings (SSSR count). The number of carbonyl (C=O) groups is 1. The number of hydrogen-bond acceptors (Lipinski definition) is 2. The minimum Gasteiger partial charge on any atom is -0.454 e. The second-order valence-corrected chi connectivity index (χ2v) is 4.65. The molecule has 0 bridgehead atoms. The van der Waals surface area contributed by atoms with E-state index in [1.165, 1.54) is 6.07 Å². The van der Waals surface area contributed by atoms with Crippen molar-refractivity contribution in [3.63, 3.8) is 0 Å². The molecule has 0 aromatic heterocycles. The average molecular weight is 302 g/mol. The molecule has 0 saturated heterocycles. The number of carbonyl (C=O) groups excluding carboxylic acids is 1. The van der Waals surface area contributed by atoms with Gasteiger partial charge in [0.05, 0.1) is 10.0 Å². The van der Waals surface area contributed by atoms with Gasteiger partial charge in [0.1, 0.15) is 22.8 Å². The molecule has 0 fully saturated rings. The van der Waals surface area contributed by atoms with Crippen LogP contribution in [0.3, 0.4) is 0 Å². The molecule has 2 aromatic rings. The van der Waals surface area contributed by atoms with Crippen LogP contribution < -0.4 is 4.74 Å². The third-order valence-electron chi connectivity index (χ3n) is 2.23. The van der Waals surface area contributed by atoms with E-state index >= 15 is 0 Å². The number of rotatable bonds is 3. The highest BCUT2D eigenvalue weighted by Crippen LogP contribution is 2.37. The van der Waals surface area contributed by atoms with Crippen LogP contribution >= 0.6 is 34.8 Å². The van der Waals surface area contributed by atoms with Crippen LogP contribution in [0.2, 0.25) is 15.1 Å². The van der Waals surface area contributed by atoms with E-state index in [1.807, 2.05) is 0 Å². The first-order valence-corrected chi connectivity index (χ1v) is 6.12. The van der Waals surface area contributed by atoms with Gasteiger partial charge in [-0.3, -0.25) is 4.79 Å². The van der Waals surface area contributed by atoms with Gasteiger partial charge in [-0.1, -0.05) is 40.9 Å². The van der Waals surface area contributed by atoms with Crippen molar-refractivity contribution in [1.29, 1.82) is 0 Å². The minimum absolute atomic E-state index is 0.315. The summed E-state index contributed by atoms with van der Waals surface area (Å²) in [5.41, 5.74) is 0.476. The fraction of sp³-hybridized carbons (Fsp3) is 0. The Morgan fingerprint density at radius 1 is 0.944 bits per heavy atom. The maximum absolute atomic E-state index is 10.6.